The van der Waals surface area contributed by atoms with Gasteiger partial charge in [-0.25, -0.2) is 19.3 Å². The highest BCUT2D eigenvalue weighted by atomic mass is 19.1. The highest BCUT2D eigenvalue weighted by Gasteiger charge is 2.25. The molecule has 0 unspecified atom stereocenters. The summed E-state index contributed by atoms with van der Waals surface area (Å²) in [6.45, 7) is 3.88. The minimum absolute atomic E-state index is 0.0910. The molecule has 1 amide bonds. The maximum atomic E-state index is 13.5. The Labute approximate surface area is 239 Å². The van der Waals surface area contributed by atoms with Crippen LogP contribution in [0.25, 0.3) is 11.0 Å². The third-order valence-corrected chi connectivity index (χ3v) is 7.87. The molecule has 41 heavy (non-hydrogen) atoms. The number of carbonyl (C=O) groups is 1. The Morgan fingerprint density at radius 1 is 0.878 bits per heavy atom. The number of piperidine rings is 1. The minimum atomic E-state index is -0.222. The van der Waals surface area contributed by atoms with Gasteiger partial charge in [-0.05, 0) is 79.9 Å². The monoisotopic (exact) mass is 548 g/mol. The van der Waals surface area contributed by atoms with Gasteiger partial charge in [0.15, 0.2) is 0 Å². The molecule has 2 aromatic heterocycles. The van der Waals surface area contributed by atoms with Crippen LogP contribution in [0, 0.1) is 11.7 Å². The number of rotatable bonds is 9. The molecule has 0 radical (unpaired) electrons. The zero-order valence-corrected chi connectivity index (χ0v) is 22.9. The number of likely N-dealkylation sites (tertiary alicyclic amines) is 1. The number of anilines is 1. The molecule has 0 bridgehead atoms. The Hall–Kier alpha value is -4.43. The molecule has 6 rings (SSSR count). The lowest BCUT2D eigenvalue weighted by Gasteiger charge is -2.33. The summed E-state index contributed by atoms with van der Waals surface area (Å²) < 4.78 is 15.8. The Morgan fingerprint density at radius 3 is 2.34 bits per heavy atom. The summed E-state index contributed by atoms with van der Waals surface area (Å²) >= 11 is 0. The topological polar surface area (TPSA) is 67.2 Å². The van der Waals surface area contributed by atoms with E-state index in [-0.39, 0.29) is 11.7 Å². The molecule has 1 fully saturated rings. The molecule has 8 heteroatoms. The maximum absolute atomic E-state index is 13.5. The standard InChI is InChI=1S/C33H33FN6O/c34-28-13-11-26(12-14-28)24-40-30-10-5-4-9-29(30)37-31(40)23-25-15-19-38(20-16-25)21-22-39(33-35-17-6-18-36-33)32(41)27-7-2-1-3-8-27/h1-14,17-18,25H,15-16,19-24H2. The van der Waals surface area contributed by atoms with Crippen molar-refractivity contribution in [3.05, 3.63) is 120 Å². The van der Waals surface area contributed by atoms with Crippen molar-refractivity contribution in [1.29, 1.82) is 0 Å². The lowest BCUT2D eigenvalue weighted by atomic mass is 9.93. The van der Waals surface area contributed by atoms with Crippen LogP contribution in [0.1, 0.15) is 34.6 Å². The average molecular weight is 549 g/mol. The number of carbonyl (C=O) groups excluding carboxylic acids is 1. The van der Waals surface area contributed by atoms with Crippen LogP contribution in [0.3, 0.4) is 0 Å². The molecule has 208 valence electrons. The number of aromatic nitrogens is 4. The summed E-state index contributed by atoms with van der Waals surface area (Å²) in [5.74, 6) is 1.72. The predicted octanol–water partition coefficient (Wildman–Crippen LogP) is 5.62. The van der Waals surface area contributed by atoms with Crippen LogP contribution in [-0.2, 0) is 13.0 Å². The highest BCUT2D eigenvalue weighted by Crippen LogP contribution is 2.25. The van der Waals surface area contributed by atoms with Crippen molar-refractivity contribution in [3.63, 3.8) is 0 Å². The summed E-state index contributed by atoms with van der Waals surface area (Å²) in [4.78, 5) is 31.1. The summed E-state index contributed by atoms with van der Waals surface area (Å²) in [5, 5.41) is 0. The second-order valence-corrected chi connectivity index (χ2v) is 10.6. The molecular formula is C33H33FN6O. The fourth-order valence-electron chi connectivity index (χ4n) is 5.60. The van der Waals surface area contributed by atoms with E-state index in [4.69, 9.17) is 4.98 Å². The van der Waals surface area contributed by atoms with Crippen molar-refractivity contribution in [1.82, 2.24) is 24.4 Å². The molecule has 1 aliphatic heterocycles. The van der Waals surface area contributed by atoms with Crippen LogP contribution in [0.15, 0.2) is 97.3 Å². The van der Waals surface area contributed by atoms with E-state index < -0.39 is 0 Å². The molecular weight excluding hydrogens is 515 g/mol. The first-order chi connectivity index (χ1) is 20.1. The first-order valence-electron chi connectivity index (χ1n) is 14.2. The molecule has 0 atom stereocenters. The lowest BCUT2D eigenvalue weighted by molar-refractivity contribution is 0.0978. The van der Waals surface area contributed by atoms with Crippen LogP contribution in [0.2, 0.25) is 0 Å². The van der Waals surface area contributed by atoms with Gasteiger partial charge in [-0.15, -0.1) is 0 Å². The van der Waals surface area contributed by atoms with Gasteiger partial charge in [0.05, 0.1) is 11.0 Å². The second-order valence-electron chi connectivity index (χ2n) is 10.6. The Balaban J connectivity index is 1.10. The van der Waals surface area contributed by atoms with Crippen LogP contribution >= 0.6 is 0 Å². The van der Waals surface area contributed by atoms with Gasteiger partial charge in [0.25, 0.3) is 5.91 Å². The second kappa shape index (κ2) is 12.4. The molecule has 3 heterocycles. The van der Waals surface area contributed by atoms with E-state index in [9.17, 15) is 9.18 Å². The van der Waals surface area contributed by atoms with Crippen molar-refractivity contribution >= 4 is 22.9 Å². The first-order valence-corrected chi connectivity index (χ1v) is 14.2. The molecule has 0 N–H and O–H groups in total. The molecule has 5 aromatic rings. The normalized spacial score (nSPS) is 14.4. The summed E-state index contributed by atoms with van der Waals surface area (Å²) in [7, 11) is 0. The van der Waals surface area contributed by atoms with E-state index in [0.717, 1.165) is 61.3 Å². The Kier molecular flexibility index (Phi) is 8.09. The van der Waals surface area contributed by atoms with Gasteiger partial charge in [-0.3, -0.25) is 9.69 Å². The van der Waals surface area contributed by atoms with Crippen molar-refractivity contribution in [2.45, 2.75) is 25.8 Å². The van der Waals surface area contributed by atoms with Crippen molar-refractivity contribution in [2.24, 2.45) is 5.92 Å². The van der Waals surface area contributed by atoms with Gasteiger partial charge >= 0.3 is 0 Å². The van der Waals surface area contributed by atoms with E-state index in [2.05, 4.69) is 31.6 Å². The highest BCUT2D eigenvalue weighted by molar-refractivity contribution is 6.05. The van der Waals surface area contributed by atoms with Gasteiger partial charge in [0.2, 0.25) is 5.95 Å². The number of halogens is 1. The number of hydrogen-bond donors (Lipinski definition) is 0. The molecule has 7 nitrogen and oxygen atoms in total. The zero-order chi connectivity index (χ0) is 28.0. The van der Waals surface area contributed by atoms with E-state index in [1.165, 1.54) is 12.1 Å². The van der Waals surface area contributed by atoms with Crippen molar-refractivity contribution < 1.29 is 9.18 Å². The predicted molar refractivity (Wildman–Crippen MR) is 158 cm³/mol. The SMILES string of the molecule is O=C(c1ccccc1)N(CCN1CCC(Cc2nc3ccccc3n2Cc2ccc(F)cc2)CC1)c1ncccn1. The third kappa shape index (κ3) is 6.33. The summed E-state index contributed by atoms with van der Waals surface area (Å²) in [6, 6.07) is 26.0. The first kappa shape index (κ1) is 26.8. The number of fused-ring (bicyclic) bond motifs is 1. The van der Waals surface area contributed by atoms with Crippen LogP contribution in [0.4, 0.5) is 10.3 Å². The lowest BCUT2D eigenvalue weighted by Crippen LogP contribution is -2.42. The quantitative estimate of drug-likeness (QED) is 0.239. The maximum Gasteiger partial charge on any atom is 0.260 e. The fraction of sp³-hybridized carbons (Fsp3) is 0.273. The smallest absolute Gasteiger partial charge is 0.260 e. The molecule has 3 aromatic carbocycles. The molecule has 0 spiro atoms. The molecule has 0 aliphatic carbocycles. The summed E-state index contributed by atoms with van der Waals surface area (Å²) in [5.41, 5.74) is 3.79. The van der Waals surface area contributed by atoms with Gasteiger partial charge in [-0.1, -0.05) is 42.5 Å². The molecule has 1 aliphatic rings. The van der Waals surface area contributed by atoms with E-state index in [0.29, 0.717) is 30.5 Å². The van der Waals surface area contributed by atoms with E-state index in [1.807, 2.05) is 54.6 Å². The largest absolute Gasteiger partial charge is 0.323 e. The number of para-hydroxylation sites is 2. The number of amides is 1. The van der Waals surface area contributed by atoms with Gasteiger partial charge < -0.3 is 9.47 Å². The number of imidazole rings is 1. The fourth-order valence-corrected chi connectivity index (χ4v) is 5.60. The Morgan fingerprint density at radius 2 is 1.59 bits per heavy atom. The summed E-state index contributed by atoms with van der Waals surface area (Å²) in [6.07, 6.45) is 6.37. The van der Waals surface area contributed by atoms with E-state index in [1.54, 1.807) is 23.4 Å². The molecule has 1 saturated heterocycles. The van der Waals surface area contributed by atoms with Crippen molar-refractivity contribution in [2.75, 3.05) is 31.1 Å². The number of nitrogens with zero attached hydrogens (tertiary/aromatic N) is 6. The van der Waals surface area contributed by atoms with Crippen LogP contribution in [0.5, 0.6) is 0 Å². The van der Waals surface area contributed by atoms with Gasteiger partial charge in [0.1, 0.15) is 11.6 Å². The molecule has 0 saturated carbocycles. The van der Waals surface area contributed by atoms with E-state index >= 15 is 0 Å². The average Bonchev–Trinajstić information content (AvgIpc) is 3.36. The van der Waals surface area contributed by atoms with Crippen LogP contribution in [-0.4, -0.2) is 56.5 Å². The number of benzene rings is 3. The van der Waals surface area contributed by atoms with Crippen molar-refractivity contribution in [3.8, 4) is 0 Å². The van der Waals surface area contributed by atoms with Gasteiger partial charge in [-0.2, -0.15) is 0 Å². The number of hydrogen-bond acceptors (Lipinski definition) is 5. The van der Waals surface area contributed by atoms with Gasteiger partial charge in [0, 0.05) is 44.0 Å². The Bertz CT molecular complexity index is 1580. The zero-order valence-electron chi connectivity index (χ0n) is 22.9. The van der Waals surface area contributed by atoms with Crippen LogP contribution < -0.4 is 4.90 Å². The third-order valence-electron chi connectivity index (χ3n) is 7.87. The minimum Gasteiger partial charge on any atom is -0.323 e.